The zero-order valence-corrected chi connectivity index (χ0v) is 10.7. The second kappa shape index (κ2) is 6.01. The van der Waals surface area contributed by atoms with E-state index < -0.39 is 0 Å². The number of benzene rings is 2. The highest BCUT2D eigenvalue weighted by Crippen LogP contribution is 2.19. The molecule has 0 fully saturated rings. The molecule has 0 aliphatic heterocycles. The van der Waals surface area contributed by atoms with Crippen molar-refractivity contribution in [2.75, 3.05) is 11.9 Å². The molecule has 1 atom stereocenters. The predicted octanol–water partition coefficient (Wildman–Crippen LogP) is 3.85. The van der Waals surface area contributed by atoms with Crippen molar-refractivity contribution in [3.63, 3.8) is 0 Å². The summed E-state index contributed by atoms with van der Waals surface area (Å²) in [4.78, 5) is 0. The van der Waals surface area contributed by atoms with E-state index in [2.05, 4.69) is 11.4 Å². The molecule has 0 amide bonds. The maximum atomic E-state index is 13.7. The summed E-state index contributed by atoms with van der Waals surface area (Å²) in [7, 11) is 0. The Morgan fingerprint density at radius 3 is 2.58 bits per heavy atom. The summed E-state index contributed by atoms with van der Waals surface area (Å²) in [6.07, 6.45) is 0. The second-order valence-corrected chi connectivity index (χ2v) is 4.46. The molecule has 0 saturated heterocycles. The molecule has 2 nitrogen and oxygen atoms in total. The van der Waals surface area contributed by atoms with Gasteiger partial charge in [-0.25, -0.2) is 4.39 Å². The molecule has 1 unspecified atom stereocenters. The number of nitrogens with zero attached hydrogens (tertiary/aromatic N) is 1. The fourth-order valence-electron chi connectivity index (χ4n) is 1.90. The lowest BCUT2D eigenvalue weighted by atomic mass is 10.0. The van der Waals surface area contributed by atoms with E-state index in [1.165, 1.54) is 6.07 Å². The van der Waals surface area contributed by atoms with Crippen LogP contribution < -0.4 is 5.32 Å². The zero-order valence-electron chi connectivity index (χ0n) is 10.7. The average molecular weight is 254 g/mol. The monoisotopic (exact) mass is 254 g/mol. The van der Waals surface area contributed by atoms with Crippen molar-refractivity contribution < 1.29 is 4.39 Å². The molecule has 2 aromatic carbocycles. The van der Waals surface area contributed by atoms with E-state index in [4.69, 9.17) is 0 Å². The van der Waals surface area contributed by atoms with Gasteiger partial charge in [-0.1, -0.05) is 36.4 Å². The molecule has 2 rings (SSSR count). The molecular formula is C16H15FN2. The normalized spacial score (nSPS) is 11.6. The minimum Gasteiger partial charge on any atom is -0.381 e. The van der Waals surface area contributed by atoms with E-state index in [1.807, 2.05) is 43.3 Å². The molecule has 0 aromatic heterocycles. The van der Waals surface area contributed by atoms with Gasteiger partial charge in [0.05, 0.1) is 17.7 Å². The Hall–Kier alpha value is -2.34. The predicted molar refractivity (Wildman–Crippen MR) is 74.4 cm³/mol. The number of rotatable bonds is 4. The number of nitrogens with one attached hydrogen (secondary N) is 1. The van der Waals surface area contributed by atoms with Gasteiger partial charge in [-0.3, -0.25) is 0 Å². The maximum absolute atomic E-state index is 13.7. The van der Waals surface area contributed by atoms with E-state index >= 15 is 0 Å². The Morgan fingerprint density at radius 2 is 1.95 bits per heavy atom. The third kappa shape index (κ3) is 3.32. The lowest BCUT2D eigenvalue weighted by Gasteiger charge is -2.12. The minimum atomic E-state index is -0.290. The summed E-state index contributed by atoms with van der Waals surface area (Å²) in [6.45, 7) is 2.23. The Morgan fingerprint density at radius 1 is 1.21 bits per heavy atom. The van der Waals surface area contributed by atoms with Gasteiger partial charge in [0.15, 0.2) is 0 Å². The van der Waals surface area contributed by atoms with Crippen LogP contribution in [0.15, 0.2) is 48.5 Å². The molecule has 0 bridgehead atoms. The number of aryl methyl sites for hydroxylation is 1. The fourth-order valence-corrected chi connectivity index (χ4v) is 1.90. The summed E-state index contributed by atoms with van der Waals surface area (Å²) >= 11 is 0. The van der Waals surface area contributed by atoms with Crippen molar-refractivity contribution in [2.24, 2.45) is 0 Å². The molecule has 0 aliphatic carbocycles. The second-order valence-electron chi connectivity index (χ2n) is 4.46. The minimum absolute atomic E-state index is 0.287. The van der Waals surface area contributed by atoms with Crippen molar-refractivity contribution in [1.82, 2.24) is 0 Å². The van der Waals surface area contributed by atoms with Gasteiger partial charge in [-0.05, 0) is 30.2 Å². The molecule has 0 heterocycles. The van der Waals surface area contributed by atoms with Gasteiger partial charge in [-0.15, -0.1) is 0 Å². The average Bonchev–Trinajstić information content (AvgIpc) is 2.43. The largest absolute Gasteiger partial charge is 0.381 e. The highest BCUT2D eigenvalue weighted by atomic mass is 19.1. The molecule has 2 aromatic rings. The van der Waals surface area contributed by atoms with Gasteiger partial charge < -0.3 is 5.32 Å². The van der Waals surface area contributed by atoms with Crippen LogP contribution in [-0.2, 0) is 0 Å². The number of hydrogen-bond acceptors (Lipinski definition) is 2. The van der Waals surface area contributed by atoms with Gasteiger partial charge in [0.2, 0.25) is 0 Å². The summed E-state index contributed by atoms with van der Waals surface area (Å²) in [6, 6.07) is 16.8. The van der Waals surface area contributed by atoms with Crippen LogP contribution in [0.5, 0.6) is 0 Å². The standard InChI is InChI=1S/C16H15FN2/c1-12-7-8-16(15(17)9-12)19-11-14(10-18)13-5-3-2-4-6-13/h2-9,14,19H,11H2,1H3. The summed E-state index contributed by atoms with van der Waals surface area (Å²) in [5.74, 6) is -0.577. The summed E-state index contributed by atoms with van der Waals surface area (Å²) in [5, 5.41) is 12.2. The van der Waals surface area contributed by atoms with E-state index in [9.17, 15) is 9.65 Å². The SMILES string of the molecule is Cc1ccc(NCC(C#N)c2ccccc2)c(F)c1. The lowest BCUT2D eigenvalue weighted by Crippen LogP contribution is -2.12. The zero-order chi connectivity index (χ0) is 13.7. The van der Waals surface area contributed by atoms with Crippen LogP contribution in [0, 0.1) is 24.1 Å². The molecule has 0 aliphatic rings. The van der Waals surface area contributed by atoms with Crippen LogP contribution in [0.4, 0.5) is 10.1 Å². The van der Waals surface area contributed by atoms with Crippen LogP contribution in [0.3, 0.4) is 0 Å². The Kier molecular flexibility index (Phi) is 4.15. The third-order valence-electron chi connectivity index (χ3n) is 2.98. The molecule has 19 heavy (non-hydrogen) atoms. The van der Waals surface area contributed by atoms with Crippen LogP contribution in [0.1, 0.15) is 17.0 Å². The fraction of sp³-hybridized carbons (Fsp3) is 0.188. The topological polar surface area (TPSA) is 35.8 Å². The van der Waals surface area contributed by atoms with Crippen molar-refractivity contribution in [1.29, 1.82) is 5.26 Å². The highest BCUT2D eigenvalue weighted by Gasteiger charge is 2.11. The van der Waals surface area contributed by atoms with E-state index in [1.54, 1.807) is 6.07 Å². The van der Waals surface area contributed by atoms with E-state index in [-0.39, 0.29) is 11.7 Å². The molecular weight excluding hydrogens is 239 g/mol. The van der Waals surface area contributed by atoms with Crippen molar-refractivity contribution >= 4 is 5.69 Å². The maximum Gasteiger partial charge on any atom is 0.146 e. The number of hydrogen-bond donors (Lipinski definition) is 1. The Bertz CT molecular complexity index is 587. The van der Waals surface area contributed by atoms with Gasteiger partial charge in [0, 0.05) is 6.54 Å². The molecule has 3 heteroatoms. The first-order chi connectivity index (χ1) is 9.20. The highest BCUT2D eigenvalue weighted by molar-refractivity contribution is 5.47. The first-order valence-corrected chi connectivity index (χ1v) is 6.15. The van der Waals surface area contributed by atoms with Crippen LogP contribution in [0.2, 0.25) is 0 Å². The number of halogens is 1. The van der Waals surface area contributed by atoms with Crippen molar-refractivity contribution in [3.8, 4) is 6.07 Å². The number of anilines is 1. The van der Waals surface area contributed by atoms with Crippen molar-refractivity contribution in [3.05, 3.63) is 65.5 Å². The smallest absolute Gasteiger partial charge is 0.146 e. The Labute approximate surface area is 112 Å². The molecule has 0 saturated carbocycles. The third-order valence-corrected chi connectivity index (χ3v) is 2.98. The first-order valence-electron chi connectivity index (χ1n) is 6.15. The van der Waals surface area contributed by atoms with Gasteiger partial charge in [0.25, 0.3) is 0 Å². The Balaban J connectivity index is 2.07. The van der Waals surface area contributed by atoms with Crippen molar-refractivity contribution in [2.45, 2.75) is 12.8 Å². The number of nitriles is 1. The first kappa shape index (κ1) is 13.1. The van der Waals surface area contributed by atoms with Gasteiger partial charge >= 0.3 is 0 Å². The molecule has 1 N–H and O–H groups in total. The van der Waals surface area contributed by atoms with Crippen LogP contribution in [-0.4, -0.2) is 6.54 Å². The van der Waals surface area contributed by atoms with Gasteiger partial charge in [0.1, 0.15) is 5.82 Å². The summed E-state index contributed by atoms with van der Waals surface area (Å²) < 4.78 is 13.7. The molecule has 0 spiro atoms. The van der Waals surface area contributed by atoms with Crippen LogP contribution >= 0.6 is 0 Å². The van der Waals surface area contributed by atoms with E-state index in [0.717, 1.165) is 11.1 Å². The van der Waals surface area contributed by atoms with Crippen LogP contribution in [0.25, 0.3) is 0 Å². The molecule has 0 radical (unpaired) electrons. The van der Waals surface area contributed by atoms with E-state index in [0.29, 0.717) is 12.2 Å². The summed E-state index contributed by atoms with van der Waals surface area (Å²) in [5.41, 5.74) is 2.25. The molecule has 96 valence electrons. The lowest BCUT2D eigenvalue weighted by molar-refractivity contribution is 0.628. The quantitative estimate of drug-likeness (QED) is 0.899. The van der Waals surface area contributed by atoms with Gasteiger partial charge in [-0.2, -0.15) is 5.26 Å².